The number of nitro groups is 1. The van der Waals surface area contributed by atoms with Crippen molar-refractivity contribution < 1.29 is 4.92 Å². The number of halogens is 1. The van der Waals surface area contributed by atoms with Gasteiger partial charge >= 0.3 is 0 Å². The fraction of sp³-hybridized carbons (Fsp3) is 0.200. The molecule has 0 aliphatic carbocycles. The molecule has 17 heavy (non-hydrogen) atoms. The number of rotatable bonds is 5. The van der Waals surface area contributed by atoms with Crippen molar-refractivity contribution in [2.45, 2.75) is 6.42 Å². The van der Waals surface area contributed by atoms with Crippen LogP contribution in [-0.4, -0.2) is 11.5 Å². The molecule has 0 unspecified atom stereocenters. The maximum atomic E-state index is 10.6. The highest BCUT2D eigenvalue weighted by Gasteiger charge is 2.07. The van der Waals surface area contributed by atoms with Crippen LogP contribution in [0.4, 0.5) is 5.69 Å². The lowest BCUT2D eigenvalue weighted by Crippen LogP contribution is -1.88. The Kier molecular flexibility index (Phi) is 5.00. The molecule has 0 aliphatic heterocycles. The van der Waals surface area contributed by atoms with Crippen molar-refractivity contribution in [3.63, 3.8) is 0 Å². The first-order chi connectivity index (χ1) is 8.15. The molecule has 1 rings (SSSR count). The zero-order valence-corrected chi connectivity index (χ0v) is 9.54. The normalized spacial score (nSPS) is 10.2. The Bertz CT molecular complexity index is 495. The van der Waals surface area contributed by atoms with Gasteiger partial charge in [-0.05, 0) is 23.6 Å². The summed E-state index contributed by atoms with van der Waals surface area (Å²) in [7, 11) is 0. The van der Waals surface area contributed by atoms with Gasteiger partial charge < -0.3 is 0 Å². The van der Waals surface area contributed by atoms with Crippen molar-refractivity contribution in [3.05, 3.63) is 55.4 Å². The van der Waals surface area contributed by atoms with Gasteiger partial charge in [-0.3, -0.25) is 10.1 Å². The second kappa shape index (κ2) is 6.52. The number of azide groups is 1. The first-order valence-electron chi connectivity index (χ1n) is 4.76. The highest BCUT2D eigenvalue weighted by molar-refractivity contribution is 6.32. The van der Waals surface area contributed by atoms with Crippen LogP contribution >= 0.6 is 11.6 Å². The van der Waals surface area contributed by atoms with E-state index in [0.29, 0.717) is 23.6 Å². The van der Waals surface area contributed by atoms with Gasteiger partial charge in [0.15, 0.2) is 0 Å². The number of benzene rings is 1. The summed E-state index contributed by atoms with van der Waals surface area (Å²) < 4.78 is 0. The lowest BCUT2D eigenvalue weighted by molar-refractivity contribution is -0.384. The average Bonchev–Trinajstić information content (AvgIpc) is 2.30. The maximum Gasteiger partial charge on any atom is 0.270 e. The van der Waals surface area contributed by atoms with Crippen LogP contribution in [0, 0.1) is 10.1 Å². The van der Waals surface area contributed by atoms with Gasteiger partial charge in [-0.15, -0.1) is 0 Å². The molecule has 0 saturated carbocycles. The van der Waals surface area contributed by atoms with Crippen molar-refractivity contribution >= 4 is 23.4 Å². The van der Waals surface area contributed by atoms with Crippen LogP contribution in [0.2, 0.25) is 5.02 Å². The molecule has 0 heterocycles. The SMILES string of the molecule is [N-]=[N+]=NCCC=Cc1cc([N+](=O)[O-])ccc1Cl. The summed E-state index contributed by atoms with van der Waals surface area (Å²) in [5.74, 6) is 0. The van der Waals surface area contributed by atoms with E-state index >= 15 is 0 Å². The Hall–Kier alpha value is -2.04. The van der Waals surface area contributed by atoms with E-state index in [4.69, 9.17) is 17.1 Å². The van der Waals surface area contributed by atoms with Crippen LogP contribution in [0.1, 0.15) is 12.0 Å². The molecule has 0 atom stereocenters. The zero-order chi connectivity index (χ0) is 12.7. The van der Waals surface area contributed by atoms with Crippen LogP contribution < -0.4 is 0 Å². The van der Waals surface area contributed by atoms with E-state index in [0.717, 1.165) is 0 Å². The van der Waals surface area contributed by atoms with Crippen LogP contribution in [-0.2, 0) is 0 Å². The first kappa shape index (κ1) is 13.0. The zero-order valence-electron chi connectivity index (χ0n) is 8.78. The van der Waals surface area contributed by atoms with Crippen LogP contribution in [0.15, 0.2) is 29.4 Å². The van der Waals surface area contributed by atoms with E-state index in [1.807, 2.05) is 0 Å². The number of nitrogens with zero attached hydrogens (tertiary/aromatic N) is 4. The van der Waals surface area contributed by atoms with Gasteiger partial charge in [0, 0.05) is 28.6 Å². The molecular formula is C10H9ClN4O2. The molecule has 0 radical (unpaired) electrons. The molecule has 1 aromatic carbocycles. The van der Waals surface area contributed by atoms with Gasteiger partial charge in [0.2, 0.25) is 0 Å². The third kappa shape index (κ3) is 4.14. The molecular weight excluding hydrogens is 244 g/mol. The van der Waals surface area contributed by atoms with Crippen molar-refractivity contribution in [1.82, 2.24) is 0 Å². The van der Waals surface area contributed by atoms with Gasteiger partial charge in [0.05, 0.1) is 4.92 Å². The monoisotopic (exact) mass is 252 g/mol. The third-order valence-electron chi connectivity index (χ3n) is 1.95. The fourth-order valence-corrected chi connectivity index (χ4v) is 1.34. The summed E-state index contributed by atoms with van der Waals surface area (Å²) in [5.41, 5.74) is 8.62. The Morgan fingerprint density at radius 2 is 2.35 bits per heavy atom. The van der Waals surface area contributed by atoms with E-state index < -0.39 is 4.92 Å². The van der Waals surface area contributed by atoms with Crippen molar-refractivity contribution in [2.24, 2.45) is 5.11 Å². The minimum atomic E-state index is -0.479. The van der Waals surface area contributed by atoms with Gasteiger partial charge in [-0.25, -0.2) is 0 Å². The summed E-state index contributed by atoms with van der Waals surface area (Å²) in [6.07, 6.45) is 3.98. The highest BCUT2D eigenvalue weighted by atomic mass is 35.5. The third-order valence-corrected chi connectivity index (χ3v) is 2.29. The molecule has 7 heteroatoms. The minimum absolute atomic E-state index is 0.0101. The standard InChI is InChI=1S/C10H9ClN4O2/c11-10-5-4-9(15(16)17)7-8(10)3-1-2-6-13-14-12/h1,3-5,7H,2,6H2. The van der Waals surface area contributed by atoms with Gasteiger partial charge in [0.1, 0.15) is 0 Å². The highest BCUT2D eigenvalue weighted by Crippen LogP contribution is 2.23. The Labute approximate surface area is 102 Å². The minimum Gasteiger partial charge on any atom is -0.258 e. The van der Waals surface area contributed by atoms with Gasteiger partial charge in [0.25, 0.3) is 5.69 Å². The average molecular weight is 253 g/mol. The van der Waals surface area contributed by atoms with E-state index in [1.165, 1.54) is 18.2 Å². The summed E-state index contributed by atoms with van der Waals surface area (Å²) >= 11 is 5.89. The van der Waals surface area contributed by atoms with Crippen LogP contribution in [0.3, 0.4) is 0 Å². The molecule has 0 N–H and O–H groups in total. The van der Waals surface area contributed by atoms with E-state index in [1.54, 1.807) is 12.2 Å². The molecule has 6 nitrogen and oxygen atoms in total. The second-order valence-electron chi connectivity index (χ2n) is 3.11. The number of hydrogen-bond acceptors (Lipinski definition) is 3. The molecule has 0 aromatic heterocycles. The molecule has 0 aliphatic rings. The van der Waals surface area contributed by atoms with E-state index in [2.05, 4.69) is 10.0 Å². The van der Waals surface area contributed by atoms with Crippen molar-refractivity contribution in [2.75, 3.05) is 6.54 Å². The van der Waals surface area contributed by atoms with Gasteiger partial charge in [-0.2, -0.15) is 0 Å². The summed E-state index contributed by atoms with van der Waals surface area (Å²) in [4.78, 5) is 12.7. The maximum absolute atomic E-state index is 10.6. The Morgan fingerprint density at radius 1 is 1.59 bits per heavy atom. The summed E-state index contributed by atoms with van der Waals surface area (Å²) in [6.45, 7) is 0.347. The van der Waals surface area contributed by atoms with Crippen LogP contribution in [0.25, 0.3) is 16.5 Å². The summed E-state index contributed by atoms with van der Waals surface area (Å²) in [6, 6.07) is 4.22. The largest absolute Gasteiger partial charge is 0.270 e. The quantitative estimate of drug-likeness (QED) is 0.198. The molecule has 88 valence electrons. The van der Waals surface area contributed by atoms with E-state index in [-0.39, 0.29) is 5.69 Å². The second-order valence-corrected chi connectivity index (χ2v) is 3.52. The molecule has 0 spiro atoms. The smallest absolute Gasteiger partial charge is 0.258 e. The molecule has 0 amide bonds. The Morgan fingerprint density at radius 3 is 3.00 bits per heavy atom. The predicted octanol–water partition coefficient (Wildman–Crippen LogP) is 3.96. The molecule has 0 saturated heterocycles. The van der Waals surface area contributed by atoms with E-state index in [9.17, 15) is 10.1 Å². The molecule has 0 fully saturated rings. The topological polar surface area (TPSA) is 91.9 Å². The van der Waals surface area contributed by atoms with Crippen molar-refractivity contribution in [1.29, 1.82) is 0 Å². The molecule has 0 bridgehead atoms. The fourth-order valence-electron chi connectivity index (χ4n) is 1.16. The lowest BCUT2D eigenvalue weighted by atomic mass is 10.2. The molecule has 1 aromatic rings. The van der Waals surface area contributed by atoms with Gasteiger partial charge in [-0.1, -0.05) is 28.9 Å². The van der Waals surface area contributed by atoms with Crippen molar-refractivity contribution in [3.8, 4) is 0 Å². The predicted molar refractivity (Wildman–Crippen MR) is 65.8 cm³/mol. The number of nitro benzene ring substituents is 1. The summed E-state index contributed by atoms with van der Waals surface area (Å²) in [5, 5.41) is 14.4. The number of non-ortho nitro benzene ring substituents is 1. The number of hydrogen-bond donors (Lipinski definition) is 0. The lowest BCUT2D eigenvalue weighted by Gasteiger charge is -1.98. The Balaban J connectivity index is 2.78. The first-order valence-corrected chi connectivity index (χ1v) is 5.14. The van der Waals surface area contributed by atoms with Crippen LogP contribution in [0.5, 0.6) is 0 Å².